The third-order valence-corrected chi connectivity index (χ3v) is 4.44. The molecule has 1 heterocycles. The molecule has 3 heteroatoms. The fraction of sp³-hybridized carbons (Fsp3) is 0.562. The Morgan fingerprint density at radius 2 is 2.05 bits per heavy atom. The van der Waals surface area contributed by atoms with Crippen LogP contribution in [0.2, 0.25) is 0 Å². The number of benzene rings is 1. The lowest BCUT2D eigenvalue weighted by Gasteiger charge is -2.30. The highest BCUT2D eigenvalue weighted by Gasteiger charge is 2.25. The Bertz CT molecular complexity index is 452. The first kappa shape index (κ1) is 12.7. The number of fused-ring (bicyclic) bond motifs is 1. The lowest BCUT2D eigenvalue weighted by molar-refractivity contribution is -0.122. The van der Waals surface area contributed by atoms with Gasteiger partial charge in [0.05, 0.1) is 0 Å². The molecule has 0 radical (unpaired) electrons. The molecule has 2 aliphatic rings. The minimum absolute atomic E-state index is 0.233. The highest BCUT2D eigenvalue weighted by Crippen LogP contribution is 2.34. The summed E-state index contributed by atoms with van der Waals surface area (Å²) in [6.45, 7) is 2.93. The number of nitrogens with one attached hydrogen (secondary N) is 2. The fourth-order valence-corrected chi connectivity index (χ4v) is 3.20. The Hall–Kier alpha value is -1.35. The van der Waals surface area contributed by atoms with E-state index in [2.05, 4.69) is 34.9 Å². The Morgan fingerprint density at radius 3 is 2.84 bits per heavy atom. The van der Waals surface area contributed by atoms with Gasteiger partial charge in [0.1, 0.15) is 0 Å². The van der Waals surface area contributed by atoms with E-state index < -0.39 is 0 Å². The van der Waals surface area contributed by atoms with Crippen LogP contribution in [0.5, 0.6) is 0 Å². The fourth-order valence-electron chi connectivity index (χ4n) is 3.20. The van der Waals surface area contributed by atoms with Crippen LogP contribution in [0.4, 0.5) is 0 Å². The van der Waals surface area contributed by atoms with Crippen molar-refractivity contribution in [3.63, 3.8) is 0 Å². The quantitative estimate of drug-likeness (QED) is 0.865. The van der Waals surface area contributed by atoms with Crippen LogP contribution in [0.15, 0.2) is 24.3 Å². The molecule has 0 bridgehead atoms. The van der Waals surface area contributed by atoms with Gasteiger partial charge in [-0.3, -0.25) is 4.79 Å². The van der Waals surface area contributed by atoms with Crippen LogP contribution in [0.3, 0.4) is 0 Å². The number of carbonyl (C=O) groups is 1. The zero-order valence-corrected chi connectivity index (χ0v) is 11.3. The van der Waals surface area contributed by atoms with Crippen molar-refractivity contribution in [3.05, 3.63) is 35.4 Å². The Balaban J connectivity index is 1.42. The lowest BCUT2D eigenvalue weighted by atomic mass is 9.77. The summed E-state index contributed by atoms with van der Waals surface area (Å²) in [5.41, 5.74) is 2.87. The van der Waals surface area contributed by atoms with Crippen molar-refractivity contribution in [2.24, 2.45) is 5.92 Å². The SMILES string of the molecule is O=C(CC1CCNCC1)NC[C@@H]1Cc2ccccc21. The second-order valence-corrected chi connectivity index (χ2v) is 5.80. The summed E-state index contributed by atoms with van der Waals surface area (Å²) >= 11 is 0. The number of piperidine rings is 1. The molecule has 19 heavy (non-hydrogen) atoms. The second-order valence-electron chi connectivity index (χ2n) is 5.80. The zero-order valence-electron chi connectivity index (χ0n) is 11.3. The number of amides is 1. The molecule has 1 aromatic carbocycles. The predicted octanol–water partition coefficient (Wildman–Crippen LogP) is 1.83. The smallest absolute Gasteiger partial charge is 0.220 e. The van der Waals surface area contributed by atoms with E-state index in [0.717, 1.165) is 38.9 Å². The van der Waals surface area contributed by atoms with Crippen LogP contribution in [0.1, 0.15) is 36.3 Å². The van der Waals surface area contributed by atoms with E-state index in [-0.39, 0.29) is 5.91 Å². The molecule has 3 rings (SSSR count). The van der Waals surface area contributed by atoms with Gasteiger partial charge in [0, 0.05) is 18.9 Å². The minimum atomic E-state index is 0.233. The Labute approximate surface area is 114 Å². The standard InChI is InChI=1S/C16H22N2O/c19-16(9-12-5-7-17-8-6-12)18-11-14-10-13-3-1-2-4-15(13)14/h1-4,12,14,17H,5-11H2,(H,18,19)/t14-/m0/s1. The summed E-state index contributed by atoms with van der Waals surface area (Å²) < 4.78 is 0. The van der Waals surface area contributed by atoms with Crippen LogP contribution in [0.25, 0.3) is 0 Å². The summed E-state index contributed by atoms with van der Waals surface area (Å²) in [6.07, 6.45) is 4.10. The van der Waals surface area contributed by atoms with Gasteiger partial charge in [0.2, 0.25) is 5.91 Å². The number of carbonyl (C=O) groups excluding carboxylic acids is 1. The molecule has 0 saturated carbocycles. The summed E-state index contributed by atoms with van der Waals surface area (Å²) in [7, 11) is 0. The molecule has 0 spiro atoms. The van der Waals surface area contributed by atoms with Gasteiger partial charge >= 0.3 is 0 Å². The first-order valence-electron chi connectivity index (χ1n) is 7.38. The van der Waals surface area contributed by atoms with Crippen molar-refractivity contribution in [1.82, 2.24) is 10.6 Å². The van der Waals surface area contributed by atoms with Crippen molar-refractivity contribution in [1.29, 1.82) is 0 Å². The molecular weight excluding hydrogens is 236 g/mol. The van der Waals surface area contributed by atoms with Gasteiger partial charge in [-0.05, 0) is 49.4 Å². The van der Waals surface area contributed by atoms with E-state index in [1.165, 1.54) is 11.1 Å². The van der Waals surface area contributed by atoms with Gasteiger partial charge in [-0.2, -0.15) is 0 Å². The van der Waals surface area contributed by atoms with E-state index in [4.69, 9.17) is 0 Å². The van der Waals surface area contributed by atoms with Crippen molar-refractivity contribution in [2.45, 2.75) is 31.6 Å². The Morgan fingerprint density at radius 1 is 1.26 bits per heavy atom. The van der Waals surface area contributed by atoms with Crippen LogP contribution in [0, 0.1) is 5.92 Å². The summed E-state index contributed by atoms with van der Waals surface area (Å²) in [5, 5.41) is 6.45. The maximum absolute atomic E-state index is 11.9. The van der Waals surface area contributed by atoms with Crippen molar-refractivity contribution < 1.29 is 4.79 Å². The first-order valence-corrected chi connectivity index (χ1v) is 7.38. The minimum Gasteiger partial charge on any atom is -0.355 e. The summed E-state index contributed by atoms with van der Waals surface area (Å²) in [6, 6.07) is 8.54. The maximum atomic E-state index is 11.9. The predicted molar refractivity (Wildman–Crippen MR) is 76.1 cm³/mol. The number of hydrogen-bond donors (Lipinski definition) is 2. The van der Waals surface area contributed by atoms with Gasteiger partial charge < -0.3 is 10.6 Å². The molecule has 1 amide bonds. The van der Waals surface area contributed by atoms with E-state index >= 15 is 0 Å². The van der Waals surface area contributed by atoms with E-state index in [1.54, 1.807) is 0 Å². The van der Waals surface area contributed by atoms with Crippen molar-refractivity contribution in [2.75, 3.05) is 19.6 Å². The van der Waals surface area contributed by atoms with E-state index in [9.17, 15) is 4.79 Å². The molecule has 1 atom stereocenters. The van der Waals surface area contributed by atoms with Gasteiger partial charge in [0.15, 0.2) is 0 Å². The lowest BCUT2D eigenvalue weighted by Crippen LogP contribution is -2.36. The third-order valence-electron chi connectivity index (χ3n) is 4.44. The molecular formula is C16H22N2O. The van der Waals surface area contributed by atoms with Crippen molar-refractivity contribution in [3.8, 4) is 0 Å². The molecule has 1 aliphatic heterocycles. The number of hydrogen-bond acceptors (Lipinski definition) is 2. The molecule has 102 valence electrons. The van der Waals surface area contributed by atoms with E-state index in [0.29, 0.717) is 18.3 Å². The maximum Gasteiger partial charge on any atom is 0.220 e. The molecule has 0 aromatic heterocycles. The molecule has 3 nitrogen and oxygen atoms in total. The largest absolute Gasteiger partial charge is 0.355 e. The van der Waals surface area contributed by atoms with Crippen LogP contribution >= 0.6 is 0 Å². The number of rotatable bonds is 4. The third kappa shape index (κ3) is 2.98. The molecule has 1 aliphatic carbocycles. The first-order chi connectivity index (χ1) is 9.33. The van der Waals surface area contributed by atoms with Gasteiger partial charge in [-0.25, -0.2) is 0 Å². The van der Waals surface area contributed by atoms with Crippen LogP contribution in [-0.4, -0.2) is 25.5 Å². The topological polar surface area (TPSA) is 41.1 Å². The second kappa shape index (κ2) is 5.74. The van der Waals surface area contributed by atoms with Gasteiger partial charge in [-0.1, -0.05) is 24.3 Å². The van der Waals surface area contributed by atoms with Crippen LogP contribution < -0.4 is 10.6 Å². The normalized spacial score (nSPS) is 22.4. The molecule has 1 saturated heterocycles. The molecule has 2 N–H and O–H groups in total. The van der Waals surface area contributed by atoms with Gasteiger partial charge in [-0.15, -0.1) is 0 Å². The Kier molecular flexibility index (Phi) is 3.83. The van der Waals surface area contributed by atoms with Crippen LogP contribution in [-0.2, 0) is 11.2 Å². The highest BCUT2D eigenvalue weighted by atomic mass is 16.1. The van der Waals surface area contributed by atoms with E-state index in [1.807, 2.05) is 0 Å². The molecule has 0 unspecified atom stereocenters. The average Bonchev–Trinajstić information content (AvgIpc) is 2.41. The summed E-state index contributed by atoms with van der Waals surface area (Å²) in [4.78, 5) is 11.9. The summed E-state index contributed by atoms with van der Waals surface area (Å²) in [5.74, 6) is 1.35. The monoisotopic (exact) mass is 258 g/mol. The average molecular weight is 258 g/mol. The van der Waals surface area contributed by atoms with Gasteiger partial charge in [0.25, 0.3) is 0 Å². The van der Waals surface area contributed by atoms with Crippen molar-refractivity contribution >= 4 is 5.91 Å². The zero-order chi connectivity index (χ0) is 13.1. The highest BCUT2D eigenvalue weighted by molar-refractivity contribution is 5.76. The molecule has 1 fully saturated rings. The molecule has 1 aromatic rings.